The lowest BCUT2D eigenvalue weighted by Crippen LogP contribution is -2.48. The zero-order valence-corrected chi connectivity index (χ0v) is 17.1. The number of carbonyl (C=O) groups is 1. The summed E-state index contributed by atoms with van der Waals surface area (Å²) < 4.78 is 24.8. The molecule has 0 atom stereocenters. The molecule has 0 bridgehead atoms. The van der Waals surface area contributed by atoms with Gasteiger partial charge in [0.15, 0.2) is 0 Å². The molecule has 1 amide bonds. The lowest BCUT2D eigenvalue weighted by atomic mass is 10.2. The van der Waals surface area contributed by atoms with E-state index in [1.807, 2.05) is 36.4 Å². The van der Waals surface area contributed by atoms with Gasteiger partial charge in [0.1, 0.15) is 0 Å². The highest BCUT2D eigenvalue weighted by atomic mass is 35.5. The van der Waals surface area contributed by atoms with Crippen LogP contribution in [0.1, 0.15) is 5.56 Å². The van der Waals surface area contributed by atoms with Crippen molar-refractivity contribution in [3.63, 3.8) is 0 Å². The molecule has 1 N–H and O–H groups in total. The van der Waals surface area contributed by atoms with Crippen LogP contribution in [0.15, 0.2) is 54.6 Å². The molecule has 0 radical (unpaired) electrons. The Morgan fingerprint density at radius 2 is 1.68 bits per heavy atom. The van der Waals surface area contributed by atoms with E-state index in [0.29, 0.717) is 36.9 Å². The molecule has 1 saturated heterocycles. The molecule has 1 aliphatic rings. The predicted octanol–water partition coefficient (Wildman–Crippen LogP) is 3.07. The molecular weight excluding hydrogens is 398 g/mol. The Labute approximate surface area is 170 Å². The Hall–Kier alpha value is -2.35. The molecule has 0 spiro atoms. The molecule has 8 heteroatoms. The summed E-state index contributed by atoms with van der Waals surface area (Å²) >= 11 is 5.86. The fourth-order valence-corrected chi connectivity index (χ4v) is 3.99. The van der Waals surface area contributed by atoms with Gasteiger partial charge in [-0.15, -0.1) is 0 Å². The second kappa shape index (κ2) is 8.77. The molecule has 1 aliphatic heterocycles. The van der Waals surface area contributed by atoms with Crippen molar-refractivity contribution >= 4 is 45.0 Å². The Morgan fingerprint density at radius 3 is 2.32 bits per heavy atom. The monoisotopic (exact) mass is 419 g/mol. The van der Waals surface area contributed by atoms with Gasteiger partial charge in [0, 0.05) is 37.3 Å². The van der Waals surface area contributed by atoms with Gasteiger partial charge in [0.2, 0.25) is 15.9 Å². The zero-order valence-electron chi connectivity index (χ0n) is 15.5. The normalized spacial score (nSPS) is 15.7. The van der Waals surface area contributed by atoms with Crippen LogP contribution in [0.2, 0.25) is 5.02 Å². The second-order valence-electron chi connectivity index (χ2n) is 6.54. The van der Waals surface area contributed by atoms with Crippen molar-refractivity contribution in [2.45, 2.75) is 0 Å². The fourth-order valence-electron chi connectivity index (χ4n) is 3.04. The highest BCUT2D eigenvalue weighted by Crippen LogP contribution is 2.27. The number of hydrogen-bond acceptors (Lipinski definition) is 4. The minimum atomic E-state index is -3.18. The van der Waals surface area contributed by atoms with E-state index in [1.165, 1.54) is 16.6 Å². The van der Waals surface area contributed by atoms with E-state index in [-0.39, 0.29) is 5.91 Å². The van der Waals surface area contributed by atoms with Crippen LogP contribution in [0.4, 0.5) is 11.4 Å². The molecule has 2 aromatic rings. The maximum atomic E-state index is 12.3. The number of sulfonamides is 1. The Balaban J connectivity index is 1.67. The number of benzene rings is 2. The number of rotatable bonds is 5. The lowest BCUT2D eigenvalue weighted by molar-refractivity contribution is -0.111. The van der Waals surface area contributed by atoms with E-state index in [1.54, 1.807) is 18.2 Å². The van der Waals surface area contributed by atoms with Gasteiger partial charge >= 0.3 is 0 Å². The van der Waals surface area contributed by atoms with Gasteiger partial charge in [-0.3, -0.25) is 4.79 Å². The van der Waals surface area contributed by atoms with Crippen molar-refractivity contribution in [3.8, 4) is 0 Å². The van der Waals surface area contributed by atoms with Gasteiger partial charge in [0.25, 0.3) is 0 Å². The maximum absolute atomic E-state index is 12.3. The molecule has 0 unspecified atom stereocenters. The molecule has 1 fully saturated rings. The number of nitrogens with one attached hydrogen (secondary N) is 1. The van der Waals surface area contributed by atoms with Gasteiger partial charge in [-0.2, -0.15) is 4.31 Å². The van der Waals surface area contributed by atoms with Crippen molar-refractivity contribution in [1.82, 2.24) is 4.31 Å². The first-order valence-electron chi connectivity index (χ1n) is 8.87. The van der Waals surface area contributed by atoms with Gasteiger partial charge in [-0.05, 0) is 35.9 Å². The standard InChI is InChI=1S/C20H22ClN3O3S/c1-28(26,27)24-14-12-23(13-15-24)19-5-3-2-4-18(19)22-20(25)11-8-16-6-9-17(21)10-7-16/h2-11H,12-15H2,1H3,(H,22,25). The molecule has 2 aromatic carbocycles. The molecule has 0 aromatic heterocycles. The number of hydrogen-bond donors (Lipinski definition) is 1. The average molecular weight is 420 g/mol. The fraction of sp³-hybridized carbons (Fsp3) is 0.250. The van der Waals surface area contributed by atoms with Crippen molar-refractivity contribution in [2.75, 3.05) is 42.7 Å². The summed E-state index contributed by atoms with van der Waals surface area (Å²) in [6.07, 6.45) is 4.42. The molecule has 0 aliphatic carbocycles. The van der Waals surface area contributed by atoms with Crippen molar-refractivity contribution in [2.24, 2.45) is 0 Å². The first-order chi connectivity index (χ1) is 13.3. The number of anilines is 2. The van der Waals surface area contributed by atoms with E-state index >= 15 is 0 Å². The van der Waals surface area contributed by atoms with E-state index in [2.05, 4.69) is 10.2 Å². The Kier molecular flexibility index (Phi) is 6.39. The van der Waals surface area contributed by atoms with Crippen LogP contribution in [-0.4, -0.2) is 51.1 Å². The number of piperazine rings is 1. The van der Waals surface area contributed by atoms with Crippen LogP contribution in [-0.2, 0) is 14.8 Å². The maximum Gasteiger partial charge on any atom is 0.248 e. The third-order valence-electron chi connectivity index (χ3n) is 4.51. The molecule has 28 heavy (non-hydrogen) atoms. The highest BCUT2D eigenvalue weighted by molar-refractivity contribution is 7.88. The van der Waals surface area contributed by atoms with Crippen LogP contribution < -0.4 is 10.2 Å². The number of carbonyl (C=O) groups excluding carboxylic acids is 1. The van der Waals surface area contributed by atoms with Crippen LogP contribution >= 0.6 is 11.6 Å². The van der Waals surface area contributed by atoms with Crippen LogP contribution in [0.5, 0.6) is 0 Å². The average Bonchev–Trinajstić information content (AvgIpc) is 2.67. The van der Waals surface area contributed by atoms with E-state index in [0.717, 1.165) is 11.3 Å². The zero-order chi connectivity index (χ0) is 20.1. The van der Waals surface area contributed by atoms with Gasteiger partial charge < -0.3 is 10.2 Å². The van der Waals surface area contributed by atoms with Gasteiger partial charge in [-0.25, -0.2) is 8.42 Å². The summed E-state index contributed by atoms with van der Waals surface area (Å²) in [6, 6.07) is 14.7. The lowest BCUT2D eigenvalue weighted by Gasteiger charge is -2.35. The van der Waals surface area contributed by atoms with Crippen LogP contribution in [0, 0.1) is 0 Å². The quantitative estimate of drug-likeness (QED) is 0.756. The smallest absolute Gasteiger partial charge is 0.248 e. The summed E-state index contributed by atoms with van der Waals surface area (Å²) in [7, 11) is -3.18. The number of halogens is 1. The van der Waals surface area contributed by atoms with Crippen LogP contribution in [0.25, 0.3) is 6.08 Å². The van der Waals surface area contributed by atoms with Crippen molar-refractivity contribution < 1.29 is 13.2 Å². The Bertz CT molecular complexity index is 966. The Morgan fingerprint density at radius 1 is 1.04 bits per heavy atom. The van der Waals surface area contributed by atoms with E-state index < -0.39 is 10.0 Å². The molecular formula is C20H22ClN3O3S. The van der Waals surface area contributed by atoms with Gasteiger partial charge in [0.05, 0.1) is 17.6 Å². The summed E-state index contributed by atoms with van der Waals surface area (Å²) in [5.74, 6) is -0.239. The third kappa shape index (κ3) is 5.34. The molecule has 0 saturated carbocycles. The molecule has 3 rings (SSSR count). The van der Waals surface area contributed by atoms with Crippen molar-refractivity contribution in [3.05, 3.63) is 65.2 Å². The SMILES string of the molecule is CS(=O)(=O)N1CCN(c2ccccc2NC(=O)C=Cc2ccc(Cl)cc2)CC1. The minimum Gasteiger partial charge on any atom is -0.367 e. The highest BCUT2D eigenvalue weighted by Gasteiger charge is 2.24. The summed E-state index contributed by atoms with van der Waals surface area (Å²) in [5.41, 5.74) is 2.45. The predicted molar refractivity (Wildman–Crippen MR) is 114 cm³/mol. The third-order valence-corrected chi connectivity index (χ3v) is 6.06. The molecule has 6 nitrogen and oxygen atoms in total. The number of para-hydroxylation sites is 2. The first-order valence-corrected chi connectivity index (χ1v) is 11.1. The van der Waals surface area contributed by atoms with E-state index in [9.17, 15) is 13.2 Å². The van der Waals surface area contributed by atoms with Gasteiger partial charge in [-0.1, -0.05) is 35.9 Å². The largest absolute Gasteiger partial charge is 0.367 e. The molecule has 1 heterocycles. The second-order valence-corrected chi connectivity index (χ2v) is 8.96. The van der Waals surface area contributed by atoms with Crippen LogP contribution in [0.3, 0.4) is 0 Å². The molecule has 148 valence electrons. The minimum absolute atomic E-state index is 0.239. The first kappa shape index (κ1) is 20.4. The van der Waals surface area contributed by atoms with Crippen molar-refractivity contribution in [1.29, 1.82) is 0 Å². The topological polar surface area (TPSA) is 69.7 Å². The number of nitrogens with zero attached hydrogens (tertiary/aromatic N) is 2. The summed E-state index contributed by atoms with van der Waals surface area (Å²) in [4.78, 5) is 14.4. The summed E-state index contributed by atoms with van der Waals surface area (Å²) in [5, 5.41) is 3.55. The summed E-state index contributed by atoms with van der Waals surface area (Å²) in [6.45, 7) is 2.00. The van der Waals surface area contributed by atoms with E-state index in [4.69, 9.17) is 11.6 Å². The number of amides is 1.